The number of aromatic nitrogens is 1. The number of nitrogens with zero attached hydrogens (tertiary/aromatic N) is 2. The smallest absolute Gasteiger partial charge is 0.259 e. The zero-order chi connectivity index (χ0) is 19.4. The number of carbonyl (C=O) groups is 1. The topological polar surface area (TPSA) is 77.8 Å². The molecule has 27 heavy (non-hydrogen) atoms. The van der Waals surface area contributed by atoms with Gasteiger partial charge in [-0.05, 0) is 48.5 Å². The molecule has 0 radical (unpaired) electrons. The van der Waals surface area contributed by atoms with Gasteiger partial charge in [0.25, 0.3) is 5.91 Å². The third-order valence-corrected chi connectivity index (χ3v) is 3.59. The van der Waals surface area contributed by atoms with Crippen LogP contribution >= 0.6 is 0 Å². The van der Waals surface area contributed by atoms with E-state index in [1.165, 1.54) is 12.3 Å². The normalized spacial score (nSPS) is 10.1. The van der Waals surface area contributed by atoms with Crippen LogP contribution in [0.3, 0.4) is 0 Å². The highest BCUT2D eigenvalue weighted by Crippen LogP contribution is 2.19. The van der Waals surface area contributed by atoms with Crippen LogP contribution in [0, 0.1) is 28.8 Å². The number of rotatable bonds is 4. The van der Waals surface area contributed by atoms with Gasteiger partial charge in [-0.3, -0.25) is 4.79 Å². The Kier molecular flexibility index (Phi) is 5.04. The van der Waals surface area contributed by atoms with Gasteiger partial charge >= 0.3 is 0 Å². The molecule has 1 aromatic heterocycles. The second-order valence-corrected chi connectivity index (χ2v) is 5.42. The highest BCUT2D eigenvalue weighted by molar-refractivity contribution is 6.04. The van der Waals surface area contributed by atoms with Crippen molar-refractivity contribution in [2.45, 2.75) is 0 Å². The van der Waals surface area contributed by atoms with Crippen molar-refractivity contribution in [2.75, 3.05) is 10.6 Å². The molecule has 0 aliphatic carbocycles. The molecule has 3 aromatic rings. The molecule has 0 saturated heterocycles. The molecule has 0 spiro atoms. The van der Waals surface area contributed by atoms with Crippen LogP contribution in [0.2, 0.25) is 0 Å². The monoisotopic (exact) mass is 368 g/mol. The van der Waals surface area contributed by atoms with Crippen LogP contribution in [-0.4, -0.2) is 10.9 Å². The van der Waals surface area contributed by atoms with E-state index in [0.717, 1.165) is 11.8 Å². The van der Waals surface area contributed by atoms with Gasteiger partial charge in [-0.15, -0.1) is 0 Å². The maximum Gasteiger partial charge on any atom is 0.259 e. The van der Waals surface area contributed by atoms with Crippen LogP contribution < -0.4 is 10.6 Å². The van der Waals surface area contributed by atoms with E-state index in [1.54, 1.807) is 30.3 Å². The molecule has 0 fully saturated rings. The quantitative estimate of drug-likeness (QED) is 0.671. The van der Waals surface area contributed by atoms with E-state index in [-0.39, 0.29) is 5.82 Å². The summed E-state index contributed by atoms with van der Waals surface area (Å²) in [6.07, 6.45) is 1.43. The number of nitriles is 1. The number of benzene rings is 2. The highest BCUT2D eigenvalue weighted by atomic mass is 19.2. The fraction of sp³-hybridized carbons (Fsp3) is 0. The predicted octanol–water partition coefficient (Wildman–Crippen LogP) is 4.37. The Morgan fingerprint density at radius 3 is 2.26 bits per heavy atom. The summed E-state index contributed by atoms with van der Waals surface area (Å²) in [7, 11) is 0. The Bertz CT molecular complexity index is 1030. The summed E-state index contributed by atoms with van der Waals surface area (Å²) in [5.41, 5.74) is 1.24. The maximum absolute atomic E-state index is 13.6. The third-order valence-electron chi connectivity index (χ3n) is 3.59. The number of anilines is 3. The minimum Gasteiger partial charge on any atom is -0.354 e. The van der Waals surface area contributed by atoms with E-state index in [2.05, 4.69) is 15.6 Å². The summed E-state index contributed by atoms with van der Waals surface area (Å²) >= 11 is 0. The van der Waals surface area contributed by atoms with Gasteiger partial charge in [-0.2, -0.15) is 5.26 Å². The number of hydrogen-bond donors (Lipinski definition) is 2. The number of halogens is 3. The van der Waals surface area contributed by atoms with E-state index in [1.807, 2.05) is 6.07 Å². The fourth-order valence-electron chi connectivity index (χ4n) is 2.22. The lowest BCUT2D eigenvalue weighted by molar-refractivity contribution is 0.102. The van der Waals surface area contributed by atoms with Gasteiger partial charge in [-0.25, -0.2) is 18.2 Å². The van der Waals surface area contributed by atoms with Gasteiger partial charge < -0.3 is 10.6 Å². The zero-order valence-corrected chi connectivity index (χ0v) is 13.6. The van der Waals surface area contributed by atoms with E-state index in [0.29, 0.717) is 17.3 Å². The van der Waals surface area contributed by atoms with Crippen LogP contribution in [0.25, 0.3) is 0 Å². The van der Waals surface area contributed by atoms with Crippen molar-refractivity contribution in [3.05, 3.63) is 83.3 Å². The van der Waals surface area contributed by atoms with Crippen LogP contribution in [0.4, 0.5) is 30.4 Å². The molecule has 0 aliphatic rings. The first-order valence-electron chi connectivity index (χ1n) is 7.66. The molecule has 0 aliphatic heterocycles. The molecule has 2 aromatic carbocycles. The second kappa shape index (κ2) is 7.58. The number of hydrogen-bond acceptors (Lipinski definition) is 4. The van der Waals surface area contributed by atoms with E-state index in [4.69, 9.17) is 5.26 Å². The van der Waals surface area contributed by atoms with Crippen molar-refractivity contribution < 1.29 is 18.0 Å². The van der Waals surface area contributed by atoms with E-state index in [9.17, 15) is 18.0 Å². The minimum atomic E-state index is -1.71. The molecule has 8 heteroatoms. The zero-order valence-electron chi connectivity index (χ0n) is 13.6. The highest BCUT2D eigenvalue weighted by Gasteiger charge is 2.19. The second-order valence-electron chi connectivity index (χ2n) is 5.42. The first kappa shape index (κ1) is 17.9. The molecule has 3 rings (SSSR count). The van der Waals surface area contributed by atoms with Gasteiger partial charge in [-0.1, -0.05) is 0 Å². The van der Waals surface area contributed by atoms with Gasteiger partial charge in [0.15, 0.2) is 17.5 Å². The Hall–Kier alpha value is -3.86. The van der Waals surface area contributed by atoms with Gasteiger partial charge in [0.05, 0.1) is 29.1 Å². The predicted molar refractivity (Wildman–Crippen MR) is 92.9 cm³/mol. The van der Waals surface area contributed by atoms with Gasteiger partial charge in [0.2, 0.25) is 0 Å². The Labute approximate surface area is 152 Å². The van der Waals surface area contributed by atoms with Crippen molar-refractivity contribution in [2.24, 2.45) is 0 Å². The molecular weight excluding hydrogens is 357 g/mol. The summed E-state index contributed by atoms with van der Waals surface area (Å²) in [5.74, 6) is -5.49. The number of amides is 1. The fourth-order valence-corrected chi connectivity index (χ4v) is 2.22. The SMILES string of the molecule is N#Cc1ccc(Nc2ccc(NC(=O)c3ccc(F)c(F)c3F)nc2)cc1. The van der Waals surface area contributed by atoms with Crippen molar-refractivity contribution >= 4 is 23.1 Å². The average molecular weight is 368 g/mol. The molecule has 1 heterocycles. The Balaban J connectivity index is 1.69. The van der Waals surface area contributed by atoms with Crippen molar-refractivity contribution in [3.63, 3.8) is 0 Å². The van der Waals surface area contributed by atoms with Crippen LogP contribution in [0.1, 0.15) is 15.9 Å². The summed E-state index contributed by atoms with van der Waals surface area (Å²) in [6, 6.07) is 13.4. The molecule has 0 saturated carbocycles. The third kappa shape index (κ3) is 4.04. The van der Waals surface area contributed by atoms with Crippen molar-refractivity contribution in [1.82, 2.24) is 4.98 Å². The van der Waals surface area contributed by atoms with Crippen LogP contribution in [0.15, 0.2) is 54.7 Å². The molecule has 134 valence electrons. The lowest BCUT2D eigenvalue weighted by Gasteiger charge is -2.09. The first-order valence-corrected chi connectivity index (χ1v) is 7.66. The standard InChI is InChI=1S/C19H11F3N4O/c20-15-7-6-14(17(21)18(15)22)19(27)26-16-8-5-13(10-24-16)25-12-3-1-11(9-23)2-4-12/h1-8,10,25H,(H,24,26,27). The Morgan fingerprint density at radius 2 is 1.63 bits per heavy atom. The van der Waals surface area contributed by atoms with Gasteiger partial charge in [0, 0.05) is 5.69 Å². The molecule has 5 nitrogen and oxygen atoms in total. The summed E-state index contributed by atoms with van der Waals surface area (Å²) in [5, 5.41) is 14.1. The number of carbonyl (C=O) groups excluding carboxylic acids is 1. The maximum atomic E-state index is 13.6. The molecule has 1 amide bonds. The van der Waals surface area contributed by atoms with Crippen LogP contribution in [-0.2, 0) is 0 Å². The first-order chi connectivity index (χ1) is 13.0. The van der Waals surface area contributed by atoms with Crippen LogP contribution in [0.5, 0.6) is 0 Å². The molecular formula is C19H11F3N4O. The van der Waals surface area contributed by atoms with Crippen molar-refractivity contribution in [1.29, 1.82) is 5.26 Å². The number of nitrogens with one attached hydrogen (secondary N) is 2. The Morgan fingerprint density at radius 1 is 0.926 bits per heavy atom. The van der Waals surface area contributed by atoms with E-state index < -0.39 is 28.9 Å². The largest absolute Gasteiger partial charge is 0.354 e. The van der Waals surface area contributed by atoms with Gasteiger partial charge in [0.1, 0.15) is 5.82 Å². The summed E-state index contributed by atoms with van der Waals surface area (Å²) in [4.78, 5) is 16.0. The number of pyridine rings is 1. The van der Waals surface area contributed by atoms with E-state index >= 15 is 0 Å². The average Bonchev–Trinajstić information content (AvgIpc) is 2.68. The van der Waals surface area contributed by atoms with Crippen molar-refractivity contribution in [3.8, 4) is 6.07 Å². The summed E-state index contributed by atoms with van der Waals surface area (Å²) in [6.45, 7) is 0. The minimum absolute atomic E-state index is 0.106. The molecule has 0 atom stereocenters. The lowest BCUT2D eigenvalue weighted by atomic mass is 10.2. The molecule has 0 bridgehead atoms. The molecule has 2 N–H and O–H groups in total. The molecule has 0 unspecified atom stereocenters. The lowest BCUT2D eigenvalue weighted by Crippen LogP contribution is -2.16. The summed E-state index contributed by atoms with van der Waals surface area (Å²) < 4.78 is 39.8.